The average molecular weight is 371 g/mol. The molecule has 0 amide bonds. The summed E-state index contributed by atoms with van der Waals surface area (Å²) < 4.78 is 31.2. The molecule has 138 valence electrons. The summed E-state index contributed by atoms with van der Waals surface area (Å²) in [5, 5.41) is -1.16. The summed E-state index contributed by atoms with van der Waals surface area (Å²) in [4.78, 5) is 10.9. The van der Waals surface area contributed by atoms with Crippen molar-refractivity contribution in [3.63, 3.8) is 0 Å². The molecule has 0 radical (unpaired) electrons. The van der Waals surface area contributed by atoms with Crippen LogP contribution in [0.5, 0.6) is 0 Å². The normalized spacial score (nSPS) is 11.2. The van der Waals surface area contributed by atoms with E-state index >= 15 is 0 Å². The van der Waals surface area contributed by atoms with Gasteiger partial charge in [0.05, 0.1) is 0 Å². The SMILES string of the molecule is CCCCCCCCCCCCCCCCCC(=O)S(=O)(=O)[O-].[Na+]. The second-order valence-corrected chi connectivity index (χ2v) is 7.89. The first kappa shape index (κ1) is 26.8. The molecule has 0 aliphatic carbocycles. The van der Waals surface area contributed by atoms with E-state index < -0.39 is 15.2 Å². The minimum atomic E-state index is -4.71. The first-order chi connectivity index (χ1) is 11.0. The zero-order valence-corrected chi connectivity index (χ0v) is 18.7. The third-order valence-electron chi connectivity index (χ3n) is 4.26. The predicted octanol–water partition coefficient (Wildman–Crippen LogP) is 2.32. The average Bonchev–Trinajstić information content (AvgIpc) is 2.50. The van der Waals surface area contributed by atoms with Crippen LogP contribution in [-0.4, -0.2) is 18.1 Å². The van der Waals surface area contributed by atoms with Crippen LogP contribution < -0.4 is 29.6 Å². The monoisotopic (exact) mass is 370 g/mol. The van der Waals surface area contributed by atoms with Gasteiger partial charge in [0.15, 0.2) is 10.1 Å². The fourth-order valence-electron chi connectivity index (χ4n) is 2.77. The van der Waals surface area contributed by atoms with E-state index in [1.807, 2.05) is 0 Å². The van der Waals surface area contributed by atoms with Crippen LogP contribution in [0.25, 0.3) is 0 Å². The minimum absolute atomic E-state index is 0. The summed E-state index contributed by atoms with van der Waals surface area (Å²) in [5.74, 6) is 0. The second kappa shape index (κ2) is 18.4. The molecule has 0 aromatic rings. The van der Waals surface area contributed by atoms with Gasteiger partial charge < -0.3 is 4.55 Å². The van der Waals surface area contributed by atoms with E-state index in [9.17, 15) is 17.8 Å². The summed E-state index contributed by atoms with van der Waals surface area (Å²) in [5.41, 5.74) is 0. The van der Waals surface area contributed by atoms with Gasteiger partial charge in [-0.05, 0) is 6.42 Å². The quantitative estimate of drug-likeness (QED) is 0.237. The van der Waals surface area contributed by atoms with E-state index in [2.05, 4.69) is 6.92 Å². The third-order valence-corrected chi connectivity index (χ3v) is 5.03. The van der Waals surface area contributed by atoms with Crippen LogP contribution >= 0.6 is 0 Å². The fraction of sp³-hybridized carbons (Fsp3) is 0.944. The first-order valence-corrected chi connectivity index (χ1v) is 10.9. The van der Waals surface area contributed by atoms with Crippen LogP contribution in [0, 0.1) is 0 Å². The molecule has 0 heterocycles. The largest absolute Gasteiger partial charge is 1.00 e. The van der Waals surface area contributed by atoms with E-state index in [1.165, 1.54) is 70.6 Å². The zero-order valence-electron chi connectivity index (χ0n) is 15.9. The molecule has 0 atom stereocenters. The van der Waals surface area contributed by atoms with Gasteiger partial charge in [-0.15, -0.1) is 0 Å². The molecular formula is C18H35NaO4S. The molecule has 0 aromatic carbocycles. The van der Waals surface area contributed by atoms with E-state index in [0.29, 0.717) is 6.42 Å². The topological polar surface area (TPSA) is 74.3 Å². The molecule has 0 bridgehead atoms. The van der Waals surface area contributed by atoms with Crippen molar-refractivity contribution in [1.29, 1.82) is 0 Å². The van der Waals surface area contributed by atoms with Crippen molar-refractivity contribution in [3.8, 4) is 0 Å². The first-order valence-electron chi connectivity index (χ1n) is 9.47. The van der Waals surface area contributed by atoms with Gasteiger partial charge in [0.2, 0.25) is 5.12 Å². The Labute approximate surface area is 171 Å². The van der Waals surface area contributed by atoms with Crippen molar-refractivity contribution < 1.29 is 47.3 Å². The van der Waals surface area contributed by atoms with Crippen molar-refractivity contribution in [2.45, 2.75) is 110 Å². The smallest absolute Gasteiger partial charge is 0.742 e. The standard InChI is InChI=1S/C18H36O4S.Na/c1-2-3-4-5-6-7-8-9-10-11-12-13-14-15-16-17-18(19)23(20,21)22;/h2-17H2,1H3,(H,20,21,22);/q;+1/p-1. The number of unbranched alkanes of at least 4 members (excludes halogenated alkanes) is 14. The Morgan fingerprint density at radius 3 is 1.25 bits per heavy atom. The van der Waals surface area contributed by atoms with Gasteiger partial charge in [0.1, 0.15) is 0 Å². The second-order valence-electron chi connectivity index (χ2n) is 6.53. The molecule has 0 unspecified atom stereocenters. The maximum atomic E-state index is 10.9. The van der Waals surface area contributed by atoms with Gasteiger partial charge >= 0.3 is 29.6 Å². The number of hydrogen-bond donors (Lipinski definition) is 0. The Kier molecular flexibility index (Phi) is 20.5. The fourth-order valence-corrected chi connectivity index (χ4v) is 3.16. The maximum absolute atomic E-state index is 10.9. The number of hydrogen-bond acceptors (Lipinski definition) is 4. The predicted molar refractivity (Wildman–Crippen MR) is 94.3 cm³/mol. The van der Waals surface area contributed by atoms with Crippen LogP contribution in [0.1, 0.15) is 110 Å². The number of carbonyl (C=O) groups excluding carboxylic acids is 1. The third kappa shape index (κ3) is 18.9. The molecule has 0 spiro atoms. The molecule has 0 rings (SSSR count). The van der Waals surface area contributed by atoms with Gasteiger partial charge in [0, 0.05) is 6.42 Å². The van der Waals surface area contributed by atoms with E-state index in [-0.39, 0.29) is 36.0 Å². The Hall–Kier alpha value is 0.580. The summed E-state index contributed by atoms with van der Waals surface area (Å²) in [6.07, 6.45) is 18.1. The van der Waals surface area contributed by atoms with E-state index in [0.717, 1.165) is 19.3 Å². The molecular weight excluding hydrogens is 335 g/mol. The van der Waals surface area contributed by atoms with Crippen LogP contribution in [0.3, 0.4) is 0 Å². The molecule has 4 nitrogen and oxygen atoms in total. The molecule has 0 aromatic heterocycles. The summed E-state index contributed by atoms with van der Waals surface area (Å²) >= 11 is 0. The van der Waals surface area contributed by atoms with Crippen molar-refractivity contribution >= 4 is 15.2 Å². The molecule has 6 heteroatoms. The summed E-state index contributed by atoms with van der Waals surface area (Å²) in [6.45, 7) is 2.25. The summed E-state index contributed by atoms with van der Waals surface area (Å²) in [6, 6.07) is 0. The molecule has 0 aliphatic rings. The van der Waals surface area contributed by atoms with E-state index in [1.54, 1.807) is 0 Å². The van der Waals surface area contributed by atoms with E-state index in [4.69, 9.17) is 0 Å². The van der Waals surface area contributed by atoms with Crippen LogP contribution in [0.4, 0.5) is 0 Å². The molecule has 0 N–H and O–H groups in total. The maximum Gasteiger partial charge on any atom is 1.00 e. The Bertz CT molecular complexity index is 382. The Morgan fingerprint density at radius 2 is 0.958 bits per heavy atom. The zero-order chi connectivity index (χ0) is 17.4. The summed E-state index contributed by atoms with van der Waals surface area (Å²) in [7, 11) is -4.71. The van der Waals surface area contributed by atoms with Crippen molar-refractivity contribution in [2.75, 3.05) is 0 Å². The molecule has 0 saturated heterocycles. The van der Waals surface area contributed by atoms with Gasteiger partial charge in [-0.3, -0.25) is 4.79 Å². The molecule has 0 fully saturated rings. The Morgan fingerprint density at radius 1 is 0.667 bits per heavy atom. The van der Waals surface area contributed by atoms with Gasteiger partial charge in [0.25, 0.3) is 0 Å². The molecule has 24 heavy (non-hydrogen) atoms. The molecule has 0 saturated carbocycles. The Balaban J connectivity index is 0. The van der Waals surface area contributed by atoms with Crippen molar-refractivity contribution in [1.82, 2.24) is 0 Å². The van der Waals surface area contributed by atoms with Crippen LogP contribution in [-0.2, 0) is 14.9 Å². The molecule has 0 aliphatic heterocycles. The van der Waals surface area contributed by atoms with Crippen LogP contribution in [0.15, 0.2) is 0 Å². The minimum Gasteiger partial charge on any atom is -0.742 e. The van der Waals surface area contributed by atoms with Gasteiger partial charge in [-0.25, -0.2) is 8.42 Å². The van der Waals surface area contributed by atoms with Gasteiger partial charge in [-0.1, -0.05) is 96.8 Å². The van der Waals surface area contributed by atoms with Crippen molar-refractivity contribution in [3.05, 3.63) is 0 Å². The van der Waals surface area contributed by atoms with Crippen LogP contribution in [0.2, 0.25) is 0 Å². The van der Waals surface area contributed by atoms with Gasteiger partial charge in [-0.2, -0.15) is 0 Å². The van der Waals surface area contributed by atoms with Crippen molar-refractivity contribution in [2.24, 2.45) is 0 Å². The number of carbonyl (C=O) groups is 1. The number of rotatable bonds is 16.